The molecule has 144 valence electrons. The molecule has 0 aliphatic heterocycles. The van der Waals surface area contributed by atoms with Crippen molar-refractivity contribution in [2.45, 2.75) is 37.9 Å². The number of aryl methyl sites for hydroxylation is 1. The molecular weight excluding hydrogens is 390 g/mol. The number of thiophene rings is 1. The molecule has 0 bridgehead atoms. The van der Waals surface area contributed by atoms with Gasteiger partial charge in [-0.05, 0) is 61.8 Å². The van der Waals surface area contributed by atoms with Gasteiger partial charge in [0.05, 0.1) is 11.0 Å². The van der Waals surface area contributed by atoms with E-state index in [1.54, 1.807) is 4.31 Å². The number of hydrogen-bond acceptors (Lipinski definition) is 4. The van der Waals surface area contributed by atoms with Gasteiger partial charge in [-0.3, -0.25) is 4.31 Å². The van der Waals surface area contributed by atoms with Crippen LogP contribution in [0.5, 0.6) is 0 Å². The van der Waals surface area contributed by atoms with Crippen LogP contribution in [0.2, 0.25) is 0 Å². The first-order chi connectivity index (χ1) is 13.5. The Morgan fingerprint density at radius 1 is 1.14 bits per heavy atom. The molecule has 1 aliphatic carbocycles. The van der Waals surface area contributed by atoms with E-state index in [2.05, 4.69) is 16.0 Å². The highest BCUT2D eigenvalue weighted by Gasteiger charge is 2.41. The van der Waals surface area contributed by atoms with Gasteiger partial charge in [0.2, 0.25) is 5.16 Å². The number of para-hydroxylation sites is 2. The first kappa shape index (κ1) is 17.7. The fourth-order valence-corrected chi connectivity index (χ4v) is 7.02. The lowest BCUT2D eigenvalue weighted by molar-refractivity contribution is 0.561. The molecule has 0 radical (unpaired) electrons. The van der Waals surface area contributed by atoms with E-state index in [-0.39, 0.29) is 11.2 Å². The highest BCUT2D eigenvalue weighted by atomic mass is 32.2. The summed E-state index contributed by atoms with van der Waals surface area (Å²) in [5.41, 5.74) is 2.40. The zero-order valence-corrected chi connectivity index (χ0v) is 17.3. The number of imidazole rings is 1. The van der Waals surface area contributed by atoms with Crippen LogP contribution in [0.4, 0.5) is 5.00 Å². The third-order valence-electron chi connectivity index (χ3n) is 5.56. The van der Waals surface area contributed by atoms with E-state index in [1.807, 2.05) is 56.3 Å². The van der Waals surface area contributed by atoms with E-state index >= 15 is 0 Å². The molecule has 28 heavy (non-hydrogen) atoms. The molecule has 0 saturated heterocycles. The van der Waals surface area contributed by atoms with Crippen molar-refractivity contribution in [3.05, 3.63) is 54.1 Å². The Labute approximate surface area is 168 Å². The second-order valence-electron chi connectivity index (χ2n) is 7.47. The van der Waals surface area contributed by atoms with Crippen LogP contribution in [0.15, 0.2) is 53.7 Å². The molecule has 1 fully saturated rings. The molecule has 5 rings (SSSR count). The summed E-state index contributed by atoms with van der Waals surface area (Å²) in [5, 5.41) is 1.91. The zero-order valence-electron chi connectivity index (χ0n) is 15.7. The van der Waals surface area contributed by atoms with Crippen molar-refractivity contribution in [3.8, 4) is 0 Å². The first-order valence-corrected chi connectivity index (χ1v) is 11.7. The Morgan fingerprint density at radius 3 is 2.57 bits per heavy atom. The van der Waals surface area contributed by atoms with Gasteiger partial charge in [-0.1, -0.05) is 30.3 Å². The molecule has 2 heterocycles. The van der Waals surface area contributed by atoms with Crippen LogP contribution >= 0.6 is 11.3 Å². The molecule has 1 N–H and O–H groups in total. The quantitative estimate of drug-likeness (QED) is 0.498. The van der Waals surface area contributed by atoms with Crippen molar-refractivity contribution in [1.82, 2.24) is 9.97 Å². The highest BCUT2D eigenvalue weighted by Crippen LogP contribution is 2.45. The van der Waals surface area contributed by atoms with Crippen molar-refractivity contribution in [1.29, 1.82) is 0 Å². The van der Waals surface area contributed by atoms with Crippen LogP contribution < -0.4 is 4.31 Å². The number of hydrogen-bond donors (Lipinski definition) is 1. The normalized spacial score (nSPS) is 15.9. The Hall–Kier alpha value is -2.38. The van der Waals surface area contributed by atoms with Gasteiger partial charge >= 0.3 is 0 Å². The number of sulfonamides is 1. The molecule has 5 nitrogen and oxygen atoms in total. The third-order valence-corrected chi connectivity index (χ3v) is 8.67. The molecule has 1 saturated carbocycles. The van der Waals surface area contributed by atoms with Crippen LogP contribution in [0, 0.1) is 12.8 Å². The Bertz CT molecular complexity index is 1250. The van der Waals surface area contributed by atoms with Gasteiger partial charge in [0, 0.05) is 10.7 Å². The first-order valence-electron chi connectivity index (χ1n) is 9.44. The minimum absolute atomic E-state index is 0.0121. The summed E-state index contributed by atoms with van der Waals surface area (Å²) in [5.74, 6) is 0.392. The van der Waals surface area contributed by atoms with Crippen molar-refractivity contribution >= 4 is 47.5 Å². The minimum atomic E-state index is -3.81. The van der Waals surface area contributed by atoms with Crippen molar-refractivity contribution in [2.75, 3.05) is 4.31 Å². The molecule has 2 aromatic carbocycles. The largest absolute Gasteiger partial charge is 0.327 e. The maximum Gasteiger partial charge on any atom is 0.299 e. The number of rotatable bonds is 5. The second-order valence-corrected chi connectivity index (χ2v) is 10.2. The maximum atomic E-state index is 13.7. The molecule has 1 atom stereocenters. The molecule has 1 unspecified atom stereocenters. The summed E-state index contributed by atoms with van der Waals surface area (Å²) in [6.07, 6.45) is 2.13. The van der Waals surface area contributed by atoms with Crippen molar-refractivity contribution in [2.24, 2.45) is 5.92 Å². The number of anilines is 1. The predicted octanol–water partition coefficient (Wildman–Crippen LogP) is 5.08. The van der Waals surface area contributed by atoms with Gasteiger partial charge < -0.3 is 4.98 Å². The number of aromatic nitrogens is 2. The monoisotopic (exact) mass is 411 g/mol. The Balaban J connectivity index is 1.70. The molecule has 0 amide bonds. The molecule has 1 aliphatic rings. The third kappa shape index (κ3) is 2.72. The molecule has 2 aromatic heterocycles. The van der Waals surface area contributed by atoms with Gasteiger partial charge in [0.15, 0.2) is 0 Å². The number of fused-ring (bicyclic) bond motifs is 2. The number of aromatic amines is 1. The van der Waals surface area contributed by atoms with Gasteiger partial charge in [0.1, 0.15) is 5.00 Å². The smallest absolute Gasteiger partial charge is 0.299 e. The van der Waals surface area contributed by atoms with Crippen LogP contribution in [0.25, 0.3) is 21.1 Å². The topological polar surface area (TPSA) is 66.1 Å². The molecule has 4 aromatic rings. The lowest BCUT2D eigenvalue weighted by Crippen LogP contribution is -2.40. The van der Waals surface area contributed by atoms with Gasteiger partial charge in [-0.15, -0.1) is 11.3 Å². The predicted molar refractivity (Wildman–Crippen MR) is 115 cm³/mol. The van der Waals surface area contributed by atoms with Gasteiger partial charge in [-0.25, -0.2) is 4.98 Å². The van der Waals surface area contributed by atoms with E-state index in [9.17, 15) is 8.42 Å². The SMILES string of the molecule is Cc1c(N(C(C)C2CC2)S(=O)(=O)c2nc3ccccc3[nH]2)sc2ccccc12. The van der Waals surface area contributed by atoms with E-state index in [1.165, 1.54) is 11.3 Å². The average molecular weight is 412 g/mol. The summed E-state index contributed by atoms with van der Waals surface area (Å²) >= 11 is 1.54. The molecule has 7 heteroatoms. The Morgan fingerprint density at radius 2 is 1.86 bits per heavy atom. The van der Waals surface area contributed by atoms with Crippen LogP contribution in [-0.2, 0) is 10.0 Å². The second kappa shape index (κ2) is 6.32. The van der Waals surface area contributed by atoms with Crippen LogP contribution in [0.1, 0.15) is 25.3 Å². The van der Waals surface area contributed by atoms with E-state index in [0.29, 0.717) is 11.4 Å². The summed E-state index contributed by atoms with van der Waals surface area (Å²) in [7, 11) is -3.81. The van der Waals surface area contributed by atoms with E-state index < -0.39 is 10.0 Å². The van der Waals surface area contributed by atoms with Crippen LogP contribution in [-0.4, -0.2) is 24.4 Å². The molecule has 0 spiro atoms. The van der Waals surface area contributed by atoms with Gasteiger partial charge in [-0.2, -0.15) is 8.42 Å². The minimum Gasteiger partial charge on any atom is -0.327 e. The fraction of sp³-hybridized carbons (Fsp3) is 0.286. The summed E-state index contributed by atoms with van der Waals surface area (Å²) < 4.78 is 30.2. The number of benzene rings is 2. The molecular formula is C21H21N3O2S2. The number of nitrogens with zero attached hydrogens (tertiary/aromatic N) is 2. The number of nitrogens with one attached hydrogen (secondary N) is 1. The zero-order chi connectivity index (χ0) is 19.5. The van der Waals surface area contributed by atoms with Crippen molar-refractivity contribution in [3.63, 3.8) is 0 Å². The summed E-state index contributed by atoms with van der Waals surface area (Å²) in [4.78, 5) is 7.41. The highest BCUT2D eigenvalue weighted by molar-refractivity contribution is 7.92. The lowest BCUT2D eigenvalue weighted by atomic mass is 10.1. The average Bonchev–Trinajstić information content (AvgIpc) is 3.37. The Kier molecular flexibility index (Phi) is 4.00. The van der Waals surface area contributed by atoms with Gasteiger partial charge in [0.25, 0.3) is 10.0 Å². The van der Waals surface area contributed by atoms with E-state index in [0.717, 1.165) is 39.0 Å². The summed E-state index contributed by atoms with van der Waals surface area (Å²) in [6, 6.07) is 15.4. The fourth-order valence-electron chi connectivity index (χ4n) is 3.80. The number of H-pyrrole nitrogens is 1. The lowest BCUT2D eigenvalue weighted by Gasteiger charge is -2.29. The van der Waals surface area contributed by atoms with E-state index in [4.69, 9.17) is 0 Å². The standard InChI is InChI=1S/C21H21N3O2S2/c1-13-16-7-3-6-10-19(16)27-20(13)24(14(2)15-11-12-15)28(25,26)21-22-17-8-4-5-9-18(17)23-21/h3-10,14-15H,11-12H2,1-2H3,(H,22,23). The van der Waals surface area contributed by atoms with Crippen LogP contribution in [0.3, 0.4) is 0 Å². The maximum absolute atomic E-state index is 13.7. The van der Waals surface area contributed by atoms with Crippen molar-refractivity contribution < 1.29 is 8.42 Å². The summed E-state index contributed by atoms with van der Waals surface area (Å²) in [6.45, 7) is 4.02.